The summed E-state index contributed by atoms with van der Waals surface area (Å²) in [6, 6.07) is 6.08. The van der Waals surface area contributed by atoms with Crippen molar-refractivity contribution in [1.29, 1.82) is 0 Å². The number of hydrogen-bond donors (Lipinski definition) is 1. The van der Waals surface area contributed by atoms with Crippen molar-refractivity contribution in [2.75, 3.05) is 39.3 Å². The maximum atomic E-state index is 12.5. The first-order chi connectivity index (χ1) is 11.2. The number of piperazine rings is 1. The molecule has 1 unspecified atom stereocenters. The van der Waals surface area contributed by atoms with Gasteiger partial charge in [-0.2, -0.15) is 0 Å². The van der Waals surface area contributed by atoms with E-state index in [0.717, 1.165) is 56.9 Å². The molecule has 0 aliphatic carbocycles. The number of carbonyl (C=O) groups excluding carboxylic acids is 1. The number of ether oxygens (including phenoxy) is 1. The van der Waals surface area contributed by atoms with Crippen molar-refractivity contribution in [2.24, 2.45) is 0 Å². The molecule has 3 rings (SSSR count). The van der Waals surface area contributed by atoms with Crippen LogP contribution in [-0.4, -0.2) is 66.2 Å². The Morgan fingerprint density at radius 3 is 2.83 bits per heavy atom. The summed E-state index contributed by atoms with van der Waals surface area (Å²) in [5.41, 5.74) is 2.29. The average molecular weight is 318 g/mol. The van der Waals surface area contributed by atoms with Crippen molar-refractivity contribution in [3.8, 4) is 5.75 Å². The molecule has 2 heterocycles. The minimum Gasteiger partial charge on any atom is -0.493 e. The van der Waals surface area contributed by atoms with E-state index < -0.39 is 0 Å². The lowest BCUT2D eigenvalue weighted by molar-refractivity contribution is -0.132. The molecular formula is C18H26N2O3. The minimum absolute atomic E-state index is 0.194. The van der Waals surface area contributed by atoms with E-state index in [2.05, 4.69) is 11.0 Å². The molecule has 0 radical (unpaired) electrons. The third kappa shape index (κ3) is 4.03. The average Bonchev–Trinajstić information content (AvgIpc) is 3.03. The molecule has 1 atom stereocenters. The van der Waals surface area contributed by atoms with Crippen LogP contribution in [0.5, 0.6) is 5.75 Å². The highest BCUT2D eigenvalue weighted by atomic mass is 16.5. The normalized spacial score (nSPS) is 19.3. The van der Waals surface area contributed by atoms with Gasteiger partial charge >= 0.3 is 0 Å². The summed E-state index contributed by atoms with van der Waals surface area (Å²) in [4.78, 5) is 16.7. The Hall–Kier alpha value is -1.59. The molecule has 0 spiro atoms. The lowest BCUT2D eigenvalue weighted by Crippen LogP contribution is -2.50. The molecule has 5 nitrogen and oxygen atoms in total. The van der Waals surface area contributed by atoms with Crippen molar-refractivity contribution >= 4 is 5.91 Å². The Labute approximate surface area is 137 Å². The fourth-order valence-corrected chi connectivity index (χ4v) is 3.24. The van der Waals surface area contributed by atoms with Crippen LogP contribution in [0.25, 0.3) is 0 Å². The summed E-state index contributed by atoms with van der Waals surface area (Å²) in [5, 5.41) is 9.72. The van der Waals surface area contributed by atoms with E-state index in [-0.39, 0.29) is 12.0 Å². The Balaban J connectivity index is 1.50. The Bertz CT molecular complexity index is 553. The third-order valence-electron chi connectivity index (χ3n) is 4.77. The number of amides is 1. The molecule has 1 aromatic carbocycles. The Morgan fingerprint density at radius 1 is 1.30 bits per heavy atom. The topological polar surface area (TPSA) is 53.0 Å². The number of benzene rings is 1. The second-order valence-electron chi connectivity index (χ2n) is 6.46. The van der Waals surface area contributed by atoms with Crippen LogP contribution in [0.3, 0.4) is 0 Å². The van der Waals surface area contributed by atoms with Crippen LogP contribution in [0, 0.1) is 0 Å². The third-order valence-corrected chi connectivity index (χ3v) is 4.77. The van der Waals surface area contributed by atoms with Crippen LogP contribution in [0.1, 0.15) is 24.5 Å². The quantitative estimate of drug-likeness (QED) is 0.883. The molecule has 0 aromatic heterocycles. The molecule has 1 amide bonds. The number of rotatable bonds is 5. The van der Waals surface area contributed by atoms with Gasteiger partial charge in [-0.25, -0.2) is 0 Å². The number of carbonyl (C=O) groups is 1. The molecule has 2 aliphatic heterocycles. The number of nitrogens with zero attached hydrogens (tertiary/aromatic N) is 2. The van der Waals surface area contributed by atoms with Gasteiger partial charge in [-0.05, 0) is 23.6 Å². The van der Waals surface area contributed by atoms with Gasteiger partial charge in [0.15, 0.2) is 0 Å². The Kier molecular flexibility index (Phi) is 5.18. The fourth-order valence-electron chi connectivity index (χ4n) is 3.24. The van der Waals surface area contributed by atoms with Gasteiger partial charge in [-0.3, -0.25) is 9.69 Å². The van der Waals surface area contributed by atoms with E-state index in [1.54, 1.807) is 0 Å². The molecule has 1 fully saturated rings. The van der Waals surface area contributed by atoms with E-state index in [1.807, 2.05) is 24.0 Å². The molecular weight excluding hydrogens is 292 g/mol. The van der Waals surface area contributed by atoms with E-state index in [1.165, 1.54) is 5.56 Å². The number of fused-ring (bicyclic) bond motifs is 1. The molecule has 1 N–H and O–H groups in total. The SMILES string of the molecule is CCC(O)CN1CCN(C(=O)Cc2ccc3c(c2)CCO3)CC1. The summed E-state index contributed by atoms with van der Waals surface area (Å²) >= 11 is 0. The first-order valence-electron chi connectivity index (χ1n) is 8.58. The van der Waals surface area contributed by atoms with Gasteiger partial charge in [0.2, 0.25) is 5.91 Å². The zero-order valence-electron chi connectivity index (χ0n) is 13.8. The number of aliphatic hydroxyl groups is 1. The lowest BCUT2D eigenvalue weighted by Gasteiger charge is -2.35. The summed E-state index contributed by atoms with van der Waals surface area (Å²) in [6.07, 6.45) is 1.92. The molecule has 126 valence electrons. The van der Waals surface area contributed by atoms with Gasteiger partial charge in [0.1, 0.15) is 5.75 Å². The molecule has 5 heteroatoms. The van der Waals surface area contributed by atoms with Gasteiger partial charge < -0.3 is 14.7 Å². The fraction of sp³-hybridized carbons (Fsp3) is 0.611. The zero-order valence-corrected chi connectivity index (χ0v) is 13.8. The smallest absolute Gasteiger partial charge is 0.227 e. The molecule has 1 saturated heterocycles. The van der Waals surface area contributed by atoms with Crippen LogP contribution in [-0.2, 0) is 17.6 Å². The van der Waals surface area contributed by atoms with Crippen molar-refractivity contribution in [1.82, 2.24) is 9.80 Å². The van der Waals surface area contributed by atoms with E-state index in [4.69, 9.17) is 4.74 Å². The van der Waals surface area contributed by atoms with Gasteiger partial charge in [-0.1, -0.05) is 19.1 Å². The predicted octanol–water partition coefficient (Wildman–Crippen LogP) is 1.08. The zero-order chi connectivity index (χ0) is 16.2. The second kappa shape index (κ2) is 7.32. The molecule has 0 saturated carbocycles. The molecule has 0 bridgehead atoms. The number of β-amino-alcohol motifs (C(OH)–C–C–N with tert-alkyl or cyclic N) is 1. The highest BCUT2D eigenvalue weighted by Gasteiger charge is 2.22. The molecule has 1 aromatic rings. The van der Waals surface area contributed by atoms with Crippen molar-refractivity contribution in [2.45, 2.75) is 32.3 Å². The summed E-state index contributed by atoms with van der Waals surface area (Å²) in [6.45, 7) is 6.65. The van der Waals surface area contributed by atoms with Crippen LogP contribution in [0.15, 0.2) is 18.2 Å². The monoisotopic (exact) mass is 318 g/mol. The van der Waals surface area contributed by atoms with Crippen molar-refractivity contribution in [3.63, 3.8) is 0 Å². The first kappa shape index (κ1) is 16.3. The van der Waals surface area contributed by atoms with Crippen LogP contribution < -0.4 is 4.74 Å². The highest BCUT2D eigenvalue weighted by molar-refractivity contribution is 5.79. The standard InChI is InChI=1S/C18H26N2O3/c1-2-16(21)13-19-6-8-20(9-7-19)18(22)12-14-3-4-17-15(11-14)5-10-23-17/h3-4,11,16,21H,2,5-10,12-13H2,1H3. The maximum Gasteiger partial charge on any atom is 0.227 e. The van der Waals surface area contributed by atoms with Crippen molar-refractivity contribution < 1.29 is 14.6 Å². The van der Waals surface area contributed by atoms with Gasteiger partial charge in [-0.15, -0.1) is 0 Å². The van der Waals surface area contributed by atoms with Crippen LogP contribution in [0.4, 0.5) is 0 Å². The van der Waals surface area contributed by atoms with Gasteiger partial charge in [0.05, 0.1) is 19.1 Å². The van der Waals surface area contributed by atoms with E-state index in [0.29, 0.717) is 13.0 Å². The second-order valence-corrected chi connectivity index (χ2v) is 6.46. The highest BCUT2D eigenvalue weighted by Crippen LogP contribution is 2.26. The summed E-state index contributed by atoms with van der Waals surface area (Å²) < 4.78 is 5.51. The lowest BCUT2D eigenvalue weighted by atomic mass is 10.1. The van der Waals surface area contributed by atoms with Crippen LogP contribution in [0.2, 0.25) is 0 Å². The molecule has 2 aliphatic rings. The van der Waals surface area contributed by atoms with Crippen LogP contribution >= 0.6 is 0 Å². The largest absolute Gasteiger partial charge is 0.493 e. The number of aliphatic hydroxyl groups excluding tert-OH is 1. The molecule has 23 heavy (non-hydrogen) atoms. The first-order valence-corrected chi connectivity index (χ1v) is 8.58. The summed E-state index contributed by atoms with van der Waals surface area (Å²) in [5.74, 6) is 1.16. The van der Waals surface area contributed by atoms with Gasteiger partial charge in [0, 0.05) is 39.1 Å². The summed E-state index contributed by atoms with van der Waals surface area (Å²) in [7, 11) is 0. The van der Waals surface area contributed by atoms with E-state index >= 15 is 0 Å². The maximum absolute atomic E-state index is 12.5. The Morgan fingerprint density at radius 2 is 2.09 bits per heavy atom. The van der Waals surface area contributed by atoms with E-state index in [9.17, 15) is 9.90 Å². The number of hydrogen-bond acceptors (Lipinski definition) is 4. The predicted molar refractivity (Wildman–Crippen MR) is 88.7 cm³/mol. The van der Waals surface area contributed by atoms with Crippen molar-refractivity contribution in [3.05, 3.63) is 29.3 Å². The van der Waals surface area contributed by atoms with Gasteiger partial charge in [0.25, 0.3) is 0 Å². The minimum atomic E-state index is -0.258.